The molecule has 4 rings (SSSR count). The molecule has 11 heteroatoms. The highest BCUT2D eigenvalue weighted by molar-refractivity contribution is 7.89. The van der Waals surface area contributed by atoms with Crippen LogP contribution in [0.25, 0.3) is 0 Å². The van der Waals surface area contributed by atoms with Crippen molar-refractivity contribution in [3.8, 4) is 0 Å². The van der Waals surface area contributed by atoms with Gasteiger partial charge in [-0.2, -0.15) is 17.5 Å². The molecular formula is C20H20F3N5O2S. The van der Waals surface area contributed by atoms with Gasteiger partial charge >= 0.3 is 6.18 Å². The van der Waals surface area contributed by atoms with E-state index in [9.17, 15) is 21.6 Å². The van der Waals surface area contributed by atoms with Gasteiger partial charge in [0.15, 0.2) is 5.03 Å². The minimum Gasteiger partial charge on any atom is -0.365 e. The summed E-state index contributed by atoms with van der Waals surface area (Å²) in [5.41, 5.74) is -0.129. The number of sulfonamides is 1. The highest BCUT2D eigenvalue weighted by Gasteiger charge is 2.41. The molecule has 31 heavy (non-hydrogen) atoms. The highest BCUT2D eigenvalue weighted by Crippen LogP contribution is 2.34. The van der Waals surface area contributed by atoms with E-state index in [1.54, 1.807) is 11.6 Å². The Hall–Kier alpha value is -2.92. The fraction of sp³-hybridized carbons (Fsp3) is 0.300. The number of hydrogen-bond donors (Lipinski definition) is 1. The lowest BCUT2D eigenvalue weighted by Gasteiger charge is -2.21. The molecule has 0 radical (unpaired) electrons. The zero-order valence-corrected chi connectivity index (χ0v) is 17.3. The van der Waals surface area contributed by atoms with Crippen molar-refractivity contribution >= 4 is 15.8 Å². The molecule has 2 atom stereocenters. The molecule has 7 nitrogen and oxygen atoms in total. The van der Waals surface area contributed by atoms with Crippen LogP contribution in [0.5, 0.6) is 0 Å². The molecule has 3 heterocycles. The first-order valence-corrected chi connectivity index (χ1v) is 10.9. The van der Waals surface area contributed by atoms with Crippen LogP contribution in [-0.2, 0) is 23.2 Å². The predicted molar refractivity (Wildman–Crippen MR) is 108 cm³/mol. The largest absolute Gasteiger partial charge is 0.433 e. The van der Waals surface area contributed by atoms with Gasteiger partial charge in [0.2, 0.25) is 0 Å². The monoisotopic (exact) mass is 451 g/mol. The number of hydrogen-bond acceptors (Lipinski definition) is 5. The van der Waals surface area contributed by atoms with Crippen molar-refractivity contribution in [2.75, 3.05) is 18.4 Å². The van der Waals surface area contributed by atoms with E-state index >= 15 is 0 Å². The second kappa shape index (κ2) is 7.97. The summed E-state index contributed by atoms with van der Waals surface area (Å²) in [6.45, 7) is 0.232. The van der Waals surface area contributed by atoms with Crippen LogP contribution in [0.15, 0.2) is 66.1 Å². The number of pyridine rings is 1. The standard InChI is InChI=1S/C20H20F3N5O2S/c1-27-12-19(24-13-27)31(29,30)28-10-15(14-6-3-2-4-7-14)16(11-28)25-18-9-5-8-17(26-18)20(21,22)23/h2-9,12-13,15-16H,10-11H2,1H3,(H,25,26)/t15-,16+/m0/s1. The van der Waals surface area contributed by atoms with Crippen molar-refractivity contribution in [1.82, 2.24) is 18.8 Å². The van der Waals surface area contributed by atoms with E-state index < -0.39 is 27.9 Å². The second-order valence-corrected chi connectivity index (χ2v) is 9.26. The Balaban J connectivity index is 1.65. The lowest BCUT2D eigenvalue weighted by atomic mass is 9.94. The van der Waals surface area contributed by atoms with Crippen molar-refractivity contribution in [2.24, 2.45) is 7.05 Å². The third-order valence-electron chi connectivity index (χ3n) is 5.17. The van der Waals surface area contributed by atoms with Gasteiger partial charge in [0.1, 0.15) is 11.5 Å². The molecule has 0 saturated carbocycles. The van der Waals surface area contributed by atoms with Crippen LogP contribution < -0.4 is 5.32 Å². The summed E-state index contributed by atoms with van der Waals surface area (Å²) in [5, 5.41) is 2.95. The van der Waals surface area contributed by atoms with Crippen molar-refractivity contribution < 1.29 is 21.6 Å². The molecule has 0 bridgehead atoms. The molecule has 164 valence electrons. The van der Waals surface area contributed by atoms with Crippen LogP contribution >= 0.6 is 0 Å². The number of nitrogens with zero attached hydrogens (tertiary/aromatic N) is 4. The average Bonchev–Trinajstić information content (AvgIpc) is 3.36. The van der Waals surface area contributed by atoms with Crippen LogP contribution in [0.4, 0.5) is 19.0 Å². The van der Waals surface area contributed by atoms with Crippen molar-refractivity contribution in [3.05, 3.63) is 72.3 Å². The summed E-state index contributed by atoms with van der Waals surface area (Å²) in [4.78, 5) is 7.62. The third-order valence-corrected chi connectivity index (χ3v) is 6.89. The van der Waals surface area contributed by atoms with E-state index in [0.29, 0.717) is 0 Å². The normalized spacial score (nSPS) is 20.1. The second-order valence-electron chi connectivity index (χ2n) is 7.37. The molecule has 0 aliphatic carbocycles. The smallest absolute Gasteiger partial charge is 0.365 e. The number of nitrogens with one attached hydrogen (secondary N) is 1. The van der Waals surface area contributed by atoms with Crippen molar-refractivity contribution in [3.63, 3.8) is 0 Å². The quantitative estimate of drug-likeness (QED) is 0.645. The first kappa shape index (κ1) is 21.3. The van der Waals surface area contributed by atoms with Gasteiger partial charge in [-0.15, -0.1) is 0 Å². The maximum absolute atomic E-state index is 13.1. The van der Waals surface area contributed by atoms with Crippen LogP contribution in [0.3, 0.4) is 0 Å². The van der Waals surface area contributed by atoms with Gasteiger partial charge < -0.3 is 9.88 Å². The summed E-state index contributed by atoms with van der Waals surface area (Å²) in [7, 11) is -2.18. The van der Waals surface area contributed by atoms with E-state index in [2.05, 4.69) is 15.3 Å². The summed E-state index contributed by atoms with van der Waals surface area (Å²) in [6, 6.07) is 12.4. The molecule has 1 N–H and O–H groups in total. The summed E-state index contributed by atoms with van der Waals surface area (Å²) < 4.78 is 68.1. The molecule has 2 aromatic heterocycles. The topological polar surface area (TPSA) is 80.1 Å². The number of anilines is 1. The molecule has 0 amide bonds. The molecule has 0 spiro atoms. The maximum Gasteiger partial charge on any atom is 0.433 e. The zero-order chi connectivity index (χ0) is 22.2. The fourth-order valence-corrected chi connectivity index (χ4v) is 5.12. The third kappa shape index (κ3) is 4.42. The minimum atomic E-state index is -4.57. The Morgan fingerprint density at radius 1 is 1.06 bits per heavy atom. The molecule has 1 aromatic carbocycles. The lowest BCUT2D eigenvalue weighted by Crippen LogP contribution is -2.32. The summed E-state index contributed by atoms with van der Waals surface area (Å²) in [6.07, 6.45) is -1.75. The molecule has 1 fully saturated rings. The van der Waals surface area contributed by atoms with Gasteiger partial charge in [0.25, 0.3) is 10.0 Å². The Morgan fingerprint density at radius 3 is 2.45 bits per heavy atom. The van der Waals surface area contributed by atoms with Gasteiger partial charge in [-0.05, 0) is 17.7 Å². The maximum atomic E-state index is 13.1. The number of aryl methyl sites for hydroxylation is 1. The Kier molecular flexibility index (Phi) is 5.48. The van der Waals surface area contributed by atoms with Crippen molar-refractivity contribution in [1.29, 1.82) is 0 Å². The van der Waals surface area contributed by atoms with E-state index in [4.69, 9.17) is 0 Å². The predicted octanol–water partition coefficient (Wildman–Crippen LogP) is 3.10. The van der Waals surface area contributed by atoms with Crippen LogP contribution in [-0.4, -0.2) is 46.4 Å². The first-order valence-electron chi connectivity index (χ1n) is 9.48. The Morgan fingerprint density at radius 2 is 1.81 bits per heavy atom. The van der Waals surface area contributed by atoms with Gasteiger partial charge in [0, 0.05) is 38.3 Å². The Bertz CT molecular complexity index is 1160. The number of aromatic nitrogens is 3. The molecular weight excluding hydrogens is 431 g/mol. The zero-order valence-electron chi connectivity index (χ0n) is 16.5. The molecule has 1 aliphatic heterocycles. The van der Waals surface area contributed by atoms with E-state index in [-0.39, 0.29) is 29.9 Å². The van der Waals surface area contributed by atoms with Gasteiger partial charge in [0.05, 0.1) is 6.33 Å². The van der Waals surface area contributed by atoms with Gasteiger partial charge in [-0.25, -0.2) is 18.4 Å². The highest BCUT2D eigenvalue weighted by atomic mass is 32.2. The number of alkyl halides is 3. The fourth-order valence-electron chi connectivity index (χ4n) is 3.67. The molecule has 0 unspecified atom stereocenters. The number of halogens is 3. The summed E-state index contributed by atoms with van der Waals surface area (Å²) in [5.74, 6) is -0.242. The van der Waals surface area contributed by atoms with E-state index in [1.165, 1.54) is 29.0 Å². The van der Waals surface area contributed by atoms with Gasteiger partial charge in [-0.1, -0.05) is 36.4 Å². The SMILES string of the molecule is Cn1cnc(S(=O)(=O)N2C[C@@H](Nc3cccc(C(F)(F)F)n3)[C@H](c3ccccc3)C2)c1. The van der Waals surface area contributed by atoms with E-state index in [0.717, 1.165) is 11.6 Å². The number of benzene rings is 1. The number of rotatable bonds is 5. The minimum absolute atomic E-state index is 0.0397. The summed E-state index contributed by atoms with van der Waals surface area (Å²) >= 11 is 0. The molecule has 1 aliphatic rings. The Labute approximate surface area is 177 Å². The average molecular weight is 451 g/mol. The van der Waals surface area contributed by atoms with Crippen LogP contribution in [0, 0.1) is 0 Å². The number of imidazole rings is 1. The first-order chi connectivity index (χ1) is 14.6. The van der Waals surface area contributed by atoms with Crippen LogP contribution in [0.2, 0.25) is 0 Å². The van der Waals surface area contributed by atoms with Gasteiger partial charge in [-0.3, -0.25) is 0 Å². The lowest BCUT2D eigenvalue weighted by molar-refractivity contribution is -0.141. The van der Waals surface area contributed by atoms with Crippen molar-refractivity contribution in [2.45, 2.75) is 23.2 Å². The van der Waals surface area contributed by atoms with E-state index in [1.807, 2.05) is 30.3 Å². The van der Waals surface area contributed by atoms with Crippen LogP contribution in [0.1, 0.15) is 17.2 Å². The molecule has 1 saturated heterocycles. The molecule has 3 aromatic rings.